The summed E-state index contributed by atoms with van der Waals surface area (Å²) in [6.07, 6.45) is -0.486. The van der Waals surface area contributed by atoms with Gasteiger partial charge < -0.3 is 14.5 Å². The van der Waals surface area contributed by atoms with Crippen molar-refractivity contribution in [1.29, 1.82) is 0 Å². The number of fused-ring (bicyclic) bond motifs is 1. The van der Waals surface area contributed by atoms with E-state index in [0.29, 0.717) is 11.5 Å². The lowest BCUT2D eigenvalue weighted by molar-refractivity contribution is 0.130. The van der Waals surface area contributed by atoms with Crippen LogP contribution in [0, 0.1) is 5.92 Å². The third-order valence-electron chi connectivity index (χ3n) is 3.73. The molecular weight excluding hydrogens is 304 g/mol. The van der Waals surface area contributed by atoms with Crippen LogP contribution in [0.15, 0.2) is 59.0 Å². The highest BCUT2D eigenvalue weighted by atomic mass is 16.5. The Kier molecular flexibility index (Phi) is 4.79. The van der Waals surface area contributed by atoms with E-state index >= 15 is 0 Å². The van der Waals surface area contributed by atoms with Crippen LogP contribution < -0.4 is 5.32 Å². The minimum absolute atomic E-state index is 0.113. The highest BCUT2D eigenvalue weighted by Gasteiger charge is 2.24. The molecule has 0 saturated heterocycles. The van der Waals surface area contributed by atoms with Gasteiger partial charge in [0.2, 0.25) is 5.89 Å². The molecule has 5 heteroatoms. The number of benzene rings is 2. The van der Waals surface area contributed by atoms with Crippen LogP contribution in [0.3, 0.4) is 0 Å². The van der Waals surface area contributed by atoms with E-state index in [-0.39, 0.29) is 18.6 Å². The van der Waals surface area contributed by atoms with Gasteiger partial charge in [-0.05, 0) is 23.6 Å². The number of aromatic nitrogens is 1. The molecule has 124 valence electrons. The zero-order valence-corrected chi connectivity index (χ0v) is 13.7. The van der Waals surface area contributed by atoms with Gasteiger partial charge in [-0.2, -0.15) is 0 Å². The Labute approximate surface area is 140 Å². The van der Waals surface area contributed by atoms with Crippen molar-refractivity contribution >= 4 is 17.2 Å². The number of hydrogen-bond donors (Lipinski definition) is 1. The number of oxazole rings is 1. The number of alkyl carbamates (subject to hydrolysis) is 1. The third kappa shape index (κ3) is 3.74. The average Bonchev–Trinajstić information content (AvgIpc) is 3.02. The predicted molar refractivity (Wildman–Crippen MR) is 91.4 cm³/mol. The van der Waals surface area contributed by atoms with Crippen LogP contribution in [0.2, 0.25) is 0 Å². The molecule has 1 amide bonds. The van der Waals surface area contributed by atoms with Crippen LogP contribution in [0.4, 0.5) is 4.79 Å². The van der Waals surface area contributed by atoms with Gasteiger partial charge in [0.05, 0.1) is 0 Å². The molecule has 0 aliphatic rings. The summed E-state index contributed by atoms with van der Waals surface area (Å²) in [7, 11) is 0. The topological polar surface area (TPSA) is 64.4 Å². The molecule has 2 aromatic carbocycles. The van der Waals surface area contributed by atoms with E-state index in [9.17, 15) is 4.79 Å². The molecule has 0 saturated carbocycles. The molecule has 1 N–H and O–H groups in total. The van der Waals surface area contributed by atoms with Gasteiger partial charge in [0.1, 0.15) is 18.2 Å². The van der Waals surface area contributed by atoms with Crippen LogP contribution >= 0.6 is 0 Å². The number of nitrogens with one attached hydrogen (secondary N) is 1. The summed E-state index contributed by atoms with van der Waals surface area (Å²) in [5.41, 5.74) is 2.42. The summed E-state index contributed by atoms with van der Waals surface area (Å²) < 4.78 is 11.1. The first kappa shape index (κ1) is 16.1. The van der Waals surface area contributed by atoms with Crippen molar-refractivity contribution in [2.24, 2.45) is 5.92 Å². The first-order chi connectivity index (χ1) is 11.6. The fourth-order valence-electron chi connectivity index (χ4n) is 2.43. The smallest absolute Gasteiger partial charge is 0.408 e. The fourth-order valence-corrected chi connectivity index (χ4v) is 2.43. The number of rotatable bonds is 5. The van der Waals surface area contributed by atoms with Gasteiger partial charge >= 0.3 is 6.09 Å². The Balaban J connectivity index is 1.68. The van der Waals surface area contributed by atoms with Crippen LogP contribution in [-0.4, -0.2) is 11.1 Å². The van der Waals surface area contributed by atoms with E-state index in [1.54, 1.807) is 0 Å². The molecule has 3 rings (SSSR count). The van der Waals surface area contributed by atoms with Gasteiger partial charge in [0.15, 0.2) is 5.58 Å². The molecule has 0 aliphatic heterocycles. The lowest BCUT2D eigenvalue weighted by Crippen LogP contribution is -2.32. The largest absolute Gasteiger partial charge is 0.445 e. The Morgan fingerprint density at radius 2 is 1.83 bits per heavy atom. The van der Waals surface area contributed by atoms with Crippen LogP contribution in [0.25, 0.3) is 11.1 Å². The standard InChI is InChI=1S/C19H20N2O3/c1-13(2)17(18-20-15-10-6-7-11-16(15)24-18)21-19(22)23-12-14-8-4-3-5-9-14/h3-11,13,17H,12H2,1-2H3,(H,21,22)/t17-/m1/s1. The minimum Gasteiger partial charge on any atom is -0.445 e. The summed E-state index contributed by atoms with van der Waals surface area (Å²) in [5.74, 6) is 0.602. The van der Waals surface area contributed by atoms with Crippen molar-refractivity contribution in [1.82, 2.24) is 10.3 Å². The number of nitrogens with zero attached hydrogens (tertiary/aromatic N) is 1. The maximum Gasteiger partial charge on any atom is 0.408 e. The zero-order valence-electron chi connectivity index (χ0n) is 13.7. The first-order valence-corrected chi connectivity index (χ1v) is 7.96. The lowest BCUT2D eigenvalue weighted by atomic mass is 10.1. The molecule has 1 heterocycles. The number of ether oxygens (including phenoxy) is 1. The van der Waals surface area contributed by atoms with Gasteiger partial charge in [-0.15, -0.1) is 0 Å². The maximum atomic E-state index is 12.1. The molecule has 1 atom stereocenters. The molecule has 0 fully saturated rings. The Hall–Kier alpha value is -2.82. The van der Waals surface area contributed by atoms with Crippen molar-refractivity contribution in [2.75, 3.05) is 0 Å². The number of para-hydroxylation sites is 2. The molecule has 5 nitrogen and oxygen atoms in total. The van der Waals surface area contributed by atoms with Crippen LogP contribution in [-0.2, 0) is 11.3 Å². The van der Waals surface area contributed by atoms with E-state index < -0.39 is 6.09 Å². The van der Waals surface area contributed by atoms with E-state index in [1.165, 1.54) is 0 Å². The molecule has 24 heavy (non-hydrogen) atoms. The normalized spacial score (nSPS) is 12.3. The summed E-state index contributed by atoms with van der Waals surface area (Å²) in [6.45, 7) is 4.22. The quantitative estimate of drug-likeness (QED) is 0.753. The van der Waals surface area contributed by atoms with E-state index in [1.807, 2.05) is 68.4 Å². The van der Waals surface area contributed by atoms with Gasteiger partial charge in [0, 0.05) is 0 Å². The van der Waals surface area contributed by atoms with E-state index in [2.05, 4.69) is 10.3 Å². The van der Waals surface area contributed by atoms with Gasteiger partial charge in [0.25, 0.3) is 0 Å². The second-order valence-electron chi connectivity index (χ2n) is 5.95. The Morgan fingerprint density at radius 1 is 1.12 bits per heavy atom. The maximum absolute atomic E-state index is 12.1. The zero-order chi connectivity index (χ0) is 16.9. The molecule has 0 radical (unpaired) electrons. The van der Waals surface area contributed by atoms with Gasteiger partial charge in [-0.3, -0.25) is 0 Å². The molecular formula is C19H20N2O3. The molecule has 0 unspecified atom stereocenters. The summed E-state index contributed by atoms with van der Waals surface area (Å²) in [5, 5.41) is 2.85. The highest BCUT2D eigenvalue weighted by molar-refractivity contribution is 5.72. The second-order valence-corrected chi connectivity index (χ2v) is 5.95. The van der Waals surface area contributed by atoms with Gasteiger partial charge in [-0.1, -0.05) is 56.3 Å². The van der Waals surface area contributed by atoms with Crippen LogP contribution in [0.1, 0.15) is 31.3 Å². The van der Waals surface area contributed by atoms with Gasteiger partial charge in [-0.25, -0.2) is 9.78 Å². The van der Waals surface area contributed by atoms with Crippen LogP contribution in [0.5, 0.6) is 0 Å². The first-order valence-electron chi connectivity index (χ1n) is 7.96. The molecule has 1 aromatic heterocycles. The Bertz CT molecular complexity index is 779. The van der Waals surface area contributed by atoms with E-state index in [0.717, 1.165) is 11.1 Å². The molecule has 0 spiro atoms. The van der Waals surface area contributed by atoms with Crippen molar-refractivity contribution in [2.45, 2.75) is 26.5 Å². The molecule has 0 bridgehead atoms. The van der Waals surface area contributed by atoms with Crippen molar-refractivity contribution in [3.05, 3.63) is 66.1 Å². The summed E-state index contributed by atoms with van der Waals surface area (Å²) >= 11 is 0. The summed E-state index contributed by atoms with van der Waals surface area (Å²) in [4.78, 5) is 16.6. The predicted octanol–water partition coefficient (Wildman–Crippen LogP) is 4.45. The SMILES string of the molecule is CC(C)[C@@H](NC(=O)OCc1ccccc1)c1nc2ccccc2o1. The van der Waals surface area contributed by atoms with Crippen molar-refractivity contribution in [3.63, 3.8) is 0 Å². The minimum atomic E-state index is -0.486. The van der Waals surface area contributed by atoms with Crippen molar-refractivity contribution < 1.29 is 13.9 Å². The number of carbonyl (C=O) groups excluding carboxylic acids is 1. The second kappa shape index (κ2) is 7.17. The Morgan fingerprint density at radius 3 is 2.54 bits per heavy atom. The van der Waals surface area contributed by atoms with Crippen molar-refractivity contribution in [3.8, 4) is 0 Å². The number of amides is 1. The highest BCUT2D eigenvalue weighted by Crippen LogP contribution is 2.25. The van der Waals surface area contributed by atoms with E-state index in [4.69, 9.17) is 9.15 Å². The third-order valence-corrected chi connectivity index (χ3v) is 3.73. The average molecular weight is 324 g/mol. The number of carbonyl (C=O) groups is 1. The molecule has 3 aromatic rings. The summed E-state index contributed by atoms with van der Waals surface area (Å²) in [6, 6.07) is 16.8. The fraction of sp³-hybridized carbons (Fsp3) is 0.263. The monoisotopic (exact) mass is 324 g/mol. The number of hydrogen-bond acceptors (Lipinski definition) is 4. The molecule has 0 aliphatic carbocycles. The lowest BCUT2D eigenvalue weighted by Gasteiger charge is -2.18.